The van der Waals surface area contributed by atoms with Crippen molar-refractivity contribution in [2.24, 2.45) is 0 Å². The number of carbonyl (C=O) groups is 2. The van der Waals surface area contributed by atoms with Crippen LogP contribution in [0.4, 0.5) is 11.4 Å². The molecule has 180 valence electrons. The van der Waals surface area contributed by atoms with Crippen molar-refractivity contribution >= 4 is 23.2 Å². The molecule has 2 aromatic rings. The molecule has 0 heterocycles. The van der Waals surface area contributed by atoms with Crippen molar-refractivity contribution in [3.63, 3.8) is 0 Å². The fourth-order valence-electron chi connectivity index (χ4n) is 3.51. The van der Waals surface area contributed by atoms with E-state index in [4.69, 9.17) is 4.74 Å². The molecule has 0 radical (unpaired) electrons. The van der Waals surface area contributed by atoms with E-state index in [0.717, 1.165) is 56.1 Å². The highest BCUT2D eigenvalue weighted by Crippen LogP contribution is 2.17. The summed E-state index contributed by atoms with van der Waals surface area (Å²) in [6.45, 7) is 8.73. The fraction of sp³-hybridized carbons (Fsp3) is 0.481. The summed E-state index contributed by atoms with van der Waals surface area (Å²) in [6.07, 6.45) is 6.58. The number of hydrogen-bond donors (Lipinski definition) is 2. The highest BCUT2D eigenvalue weighted by molar-refractivity contribution is 5.95. The Labute approximate surface area is 198 Å². The molecule has 2 rings (SSSR count). The van der Waals surface area contributed by atoms with Gasteiger partial charge in [0, 0.05) is 30.0 Å². The van der Waals surface area contributed by atoms with E-state index < -0.39 is 0 Å². The summed E-state index contributed by atoms with van der Waals surface area (Å²) in [4.78, 5) is 26.8. The molecule has 0 saturated heterocycles. The molecule has 0 unspecified atom stereocenters. The molecule has 6 heteroatoms. The number of hydrogen-bond acceptors (Lipinski definition) is 4. The summed E-state index contributed by atoms with van der Waals surface area (Å²) in [7, 11) is 0. The van der Waals surface area contributed by atoms with Gasteiger partial charge >= 0.3 is 0 Å². The molecule has 0 fully saturated rings. The van der Waals surface area contributed by atoms with Crippen LogP contribution in [0.15, 0.2) is 48.5 Å². The highest BCUT2D eigenvalue weighted by Gasteiger charge is 2.14. The van der Waals surface area contributed by atoms with Crippen LogP contribution in [0.1, 0.15) is 69.7 Å². The van der Waals surface area contributed by atoms with Gasteiger partial charge in [-0.05, 0) is 67.8 Å². The van der Waals surface area contributed by atoms with Crippen LogP contribution in [0, 0.1) is 0 Å². The second-order valence-corrected chi connectivity index (χ2v) is 8.20. The van der Waals surface area contributed by atoms with Crippen LogP contribution < -0.4 is 15.4 Å². The zero-order valence-corrected chi connectivity index (χ0v) is 20.4. The Hall–Kier alpha value is -3.02. The minimum Gasteiger partial charge on any atom is -0.494 e. The second kappa shape index (κ2) is 14.9. The third-order valence-electron chi connectivity index (χ3n) is 5.26. The largest absolute Gasteiger partial charge is 0.494 e. The highest BCUT2D eigenvalue weighted by atomic mass is 16.5. The molecule has 0 aliphatic rings. The molecular formula is C27H39N3O3. The Morgan fingerprint density at radius 3 is 2.03 bits per heavy atom. The van der Waals surface area contributed by atoms with Crippen LogP contribution in [-0.4, -0.2) is 43.0 Å². The number of carbonyl (C=O) groups excluding carboxylic acids is 2. The monoisotopic (exact) mass is 453 g/mol. The maximum Gasteiger partial charge on any atom is 0.253 e. The van der Waals surface area contributed by atoms with Crippen molar-refractivity contribution in [3.05, 3.63) is 54.1 Å². The van der Waals surface area contributed by atoms with Gasteiger partial charge in [-0.1, -0.05) is 40.0 Å². The van der Waals surface area contributed by atoms with Gasteiger partial charge in [0.2, 0.25) is 5.91 Å². The van der Waals surface area contributed by atoms with Gasteiger partial charge in [-0.3, -0.25) is 9.59 Å². The number of amides is 2. The molecule has 6 nitrogen and oxygen atoms in total. The molecule has 2 amide bonds. The normalized spacial score (nSPS) is 10.5. The van der Waals surface area contributed by atoms with Gasteiger partial charge in [0.05, 0.1) is 13.2 Å². The van der Waals surface area contributed by atoms with Gasteiger partial charge < -0.3 is 20.3 Å². The minimum atomic E-state index is -0.138. The Bertz CT molecular complexity index is 829. The van der Waals surface area contributed by atoms with E-state index in [1.807, 2.05) is 53.4 Å². The predicted octanol–water partition coefficient (Wildman–Crippen LogP) is 5.96. The average Bonchev–Trinajstić information content (AvgIpc) is 2.83. The van der Waals surface area contributed by atoms with E-state index in [2.05, 4.69) is 31.4 Å². The van der Waals surface area contributed by atoms with E-state index in [9.17, 15) is 9.59 Å². The van der Waals surface area contributed by atoms with Gasteiger partial charge in [0.1, 0.15) is 5.75 Å². The smallest absolute Gasteiger partial charge is 0.253 e. The number of nitrogens with zero attached hydrogens (tertiary/aromatic N) is 1. The lowest BCUT2D eigenvalue weighted by Gasteiger charge is -2.21. The van der Waals surface area contributed by atoms with Crippen molar-refractivity contribution in [2.45, 2.75) is 59.3 Å². The van der Waals surface area contributed by atoms with Gasteiger partial charge in [-0.15, -0.1) is 0 Å². The van der Waals surface area contributed by atoms with Crippen LogP contribution in [-0.2, 0) is 4.79 Å². The van der Waals surface area contributed by atoms with Crippen LogP contribution in [0.25, 0.3) is 0 Å². The summed E-state index contributed by atoms with van der Waals surface area (Å²) in [5.74, 6) is 0.727. The summed E-state index contributed by atoms with van der Waals surface area (Å²) in [5, 5.41) is 5.98. The maximum absolute atomic E-state index is 12.7. The lowest BCUT2D eigenvalue weighted by molar-refractivity contribution is -0.114. The van der Waals surface area contributed by atoms with Crippen LogP contribution in [0.3, 0.4) is 0 Å². The summed E-state index contributed by atoms with van der Waals surface area (Å²) < 4.78 is 5.73. The number of nitrogens with one attached hydrogen (secondary N) is 2. The van der Waals surface area contributed by atoms with E-state index in [-0.39, 0.29) is 18.4 Å². The molecule has 2 aromatic carbocycles. The van der Waals surface area contributed by atoms with E-state index in [1.54, 1.807) is 0 Å². The molecular weight excluding hydrogens is 414 g/mol. The van der Waals surface area contributed by atoms with Crippen LogP contribution in [0.5, 0.6) is 5.75 Å². The molecule has 0 spiro atoms. The van der Waals surface area contributed by atoms with Crippen molar-refractivity contribution in [1.29, 1.82) is 0 Å². The second-order valence-electron chi connectivity index (χ2n) is 8.20. The van der Waals surface area contributed by atoms with Gasteiger partial charge in [-0.25, -0.2) is 0 Å². The molecule has 0 aliphatic carbocycles. The standard InChI is InChI=1S/C27H39N3O3/c1-4-7-8-9-20-33-25-16-14-24(15-17-25)29-26(31)21-28-23-12-10-22(11-13-23)27(32)30(18-5-2)19-6-3/h10-17,28H,4-9,18-21H2,1-3H3,(H,29,31). The molecule has 0 aromatic heterocycles. The van der Waals surface area contributed by atoms with Gasteiger partial charge in [0.15, 0.2) is 0 Å². The Morgan fingerprint density at radius 1 is 0.788 bits per heavy atom. The first kappa shape index (κ1) is 26.2. The van der Waals surface area contributed by atoms with E-state index >= 15 is 0 Å². The van der Waals surface area contributed by atoms with Gasteiger partial charge in [-0.2, -0.15) is 0 Å². The number of rotatable bonds is 15. The van der Waals surface area contributed by atoms with E-state index in [1.165, 1.54) is 19.3 Å². The van der Waals surface area contributed by atoms with Crippen molar-refractivity contribution in [1.82, 2.24) is 4.90 Å². The van der Waals surface area contributed by atoms with Crippen LogP contribution >= 0.6 is 0 Å². The molecule has 2 N–H and O–H groups in total. The lowest BCUT2D eigenvalue weighted by Crippen LogP contribution is -2.32. The van der Waals surface area contributed by atoms with Crippen molar-refractivity contribution in [3.8, 4) is 5.75 Å². The average molecular weight is 454 g/mol. The quantitative estimate of drug-likeness (QED) is 0.327. The summed E-state index contributed by atoms with van der Waals surface area (Å²) >= 11 is 0. The molecule has 0 saturated carbocycles. The fourth-order valence-corrected chi connectivity index (χ4v) is 3.51. The third-order valence-corrected chi connectivity index (χ3v) is 5.26. The number of benzene rings is 2. The zero-order chi connectivity index (χ0) is 23.9. The molecule has 0 aliphatic heterocycles. The number of ether oxygens (including phenoxy) is 1. The predicted molar refractivity (Wildman–Crippen MR) is 136 cm³/mol. The number of unbranched alkanes of at least 4 members (excludes halogenated alkanes) is 3. The first-order chi connectivity index (χ1) is 16.1. The first-order valence-electron chi connectivity index (χ1n) is 12.2. The van der Waals surface area contributed by atoms with Crippen LogP contribution in [0.2, 0.25) is 0 Å². The molecule has 33 heavy (non-hydrogen) atoms. The SMILES string of the molecule is CCCCCCOc1ccc(NC(=O)CNc2ccc(C(=O)N(CCC)CCC)cc2)cc1. The zero-order valence-electron chi connectivity index (χ0n) is 20.4. The Morgan fingerprint density at radius 2 is 1.42 bits per heavy atom. The lowest BCUT2D eigenvalue weighted by atomic mass is 10.1. The third kappa shape index (κ3) is 9.56. The van der Waals surface area contributed by atoms with Crippen molar-refractivity contribution in [2.75, 3.05) is 36.9 Å². The van der Waals surface area contributed by atoms with Gasteiger partial charge in [0.25, 0.3) is 5.91 Å². The molecule has 0 atom stereocenters. The van der Waals surface area contributed by atoms with Crippen molar-refractivity contribution < 1.29 is 14.3 Å². The number of anilines is 2. The molecule has 0 bridgehead atoms. The first-order valence-corrected chi connectivity index (χ1v) is 12.2. The maximum atomic E-state index is 12.7. The summed E-state index contributed by atoms with van der Waals surface area (Å²) in [5.41, 5.74) is 2.19. The Kier molecular flexibility index (Phi) is 11.9. The topological polar surface area (TPSA) is 70.7 Å². The minimum absolute atomic E-state index is 0.0522. The van der Waals surface area contributed by atoms with E-state index in [0.29, 0.717) is 5.56 Å². The summed E-state index contributed by atoms with van der Waals surface area (Å²) in [6, 6.07) is 14.7. The Balaban J connectivity index is 1.77.